The van der Waals surface area contributed by atoms with E-state index < -0.39 is 30.4 Å². The number of hydrogen-bond acceptors (Lipinski definition) is 4. The summed E-state index contributed by atoms with van der Waals surface area (Å²) in [5.41, 5.74) is 5.31. The van der Waals surface area contributed by atoms with Gasteiger partial charge in [-0.1, -0.05) is 12.1 Å². The molecule has 5 nitrogen and oxygen atoms in total. The zero-order chi connectivity index (χ0) is 17.0. The van der Waals surface area contributed by atoms with Crippen molar-refractivity contribution in [3.8, 4) is 0 Å². The van der Waals surface area contributed by atoms with Crippen LogP contribution in [0.25, 0.3) is 0 Å². The molecular weight excluding hydrogens is 316 g/mol. The van der Waals surface area contributed by atoms with Gasteiger partial charge in [-0.05, 0) is 17.7 Å². The molecule has 1 amide bonds. The SMILES string of the molecule is Nc1nccnc1C(=O)NC(CC(F)(F)F)c1ccc(F)cc1. The number of carbonyl (C=O) groups is 1. The summed E-state index contributed by atoms with van der Waals surface area (Å²) < 4.78 is 51.1. The number of nitrogen functional groups attached to an aromatic ring is 1. The van der Waals surface area contributed by atoms with Crippen LogP contribution in [0.5, 0.6) is 0 Å². The number of alkyl halides is 3. The molecule has 0 saturated heterocycles. The first-order valence-electron chi connectivity index (χ1n) is 6.46. The summed E-state index contributed by atoms with van der Waals surface area (Å²) in [4.78, 5) is 19.4. The van der Waals surface area contributed by atoms with Gasteiger partial charge in [0.2, 0.25) is 0 Å². The van der Waals surface area contributed by atoms with Crippen molar-refractivity contribution < 1.29 is 22.4 Å². The summed E-state index contributed by atoms with van der Waals surface area (Å²) in [5.74, 6) is -1.69. The molecule has 0 aliphatic rings. The Labute approximate surface area is 128 Å². The Bertz CT molecular complexity index is 688. The van der Waals surface area contributed by atoms with Crippen molar-refractivity contribution in [2.75, 3.05) is 5.73 Å². The van der Waals surface area contributed by atoms with E-state index in [9.17, 15) is 22.4 Å². The van der Waals surface area contributed by atoms with E-state index in [1.807, 2.05) is 0 Å². The molecule has 1 unspecified atom stereocenters. The van der Waals surface area contributed by atoms with E-state index in [1.165, 1.54) is 24.5 Å². The number of nitrogens with one attached hydrogen (secondary N) is 1. The molecule has 0 radical (unpaired) electrons. The molecule has 1 atom stereocenters. The maximum atomic E-state index is 12.9. The monoisotopic (exact) mass is 328 g/mol. The highest BCUT2D eigenvalue weighted by atomic mass is 19.4. The minimum Gasteiger partial charge on any atom is -0.382 e. The van der Waals surface area contributed by atoms with Crippen LogP contribution in [0, 0.1) is 5.82 Å². The van der Waals surface area contributed by atoms with Crippen molar-refractivity contribution in [1.82, 2.24) is 15.3 Å². The van der Waals surface area contributed by atoms with E-state index in [1.54, 1.807) is 0 Å². The van der Waals surface area contributed by atoms with Crippen molar-refractivity contribution in [2.24, 2.45) is 0 Å². The predicted molar refractivity (Wildman–Crippen MR) is 73.7 cm³/mol. The van der Waals surface area contributed by atoms with E-state index in [-0.39, 0.29) is 17.1 Å². The van der Waals surface area contributed by atoms with Gasteiger partial charge in [0.15, 0.2) is 11.5 Å². The van der Waals surface area contributed by atoms with Crippen LogP contribution in [0.4, 0.5) is 23.4 Å². The minimum atomic E-state index is -4.53. The zero-order valence-corrected chi connectivity index (χ0v) is 11.6. The molecule has 9 heteroatoms. The lowest BCUT2D eigenvalue weighted by atomic mass is 10.0. The van der Waals surface area contributed by atoms with E-state index in [4.69, 9.17) is 5.73 Å². The van der Waals surface area contributed by atoms with Gasteiger partial charge in [-0.25, -0.2) is 14.4 Å². The van der Waals surface area contributed by atoms with Gasteiger partial charge in [0, 0.05) is 12.4 Å². The Morgan fingerprint density at radius 3 is 2.35 bits per heavy atom. The molecular formula is C14H12F4N4O. The fourth-order valence-electron chi connectivity index (χ4n) is 1.93. The van der Waals surface area contributed by atoms with Crippen LogP contribution >= 0.6 is 0 Å². The first-order valence-corrected chi connectivity index (χ1v) is 6.46. The van der Waals surface area contributed by atoms with Crippen molar-refractivity contribution in [3.63, 3.8) is 0 Å². The standard InChI is InChI=1S/C14H12F4N4O/c15-9-3-1-8(2-4-9)10(7-14(16,17)18)22-13(23)11-12(19)21-6-5-20-11/h1-6,10H,7H2,(H2,19,21)(H,22,23). The smallest absolute Gasteiger partial charge is 0.382 e. The van der Waals surface area contributed by atoms with Crippen molar-refractivity contribution in [3.05, 3.63) is 53.7 Å². The summed E-state index contributed by atoms with van der Waals surface area (Å²) in [7, 11) is 0. The summed E-state index contributed by atoms with van der Waals surface area (Å²) in [5, 5.41) is 2.20. The maximum Gasteiger partial charge on any atom is 0.391 e. The number of carbonyl (C=O) groups excluding carboxylic acids is 1. The molecule has 0 fully saturated rings. The topological polar surface area (TPSA) is 80.9 Å². The Hall–Kier alpha value is -2.71. The average molecular weight is 328 g/mol. The minimum absolute atomic E-state index is 0.111. The number of anilines is 1. The zero-order valence-electron chi connectivity index (χ0n) is 11.6. The van der Waals surface area contributed by atoms with E-state index in [2.05, 4.69) is 15.3 Å². The first kappa shape index (κ1) is 16.7. The predicted octanol–water partition coefficient (Wildman–Crippen LogP) is 2.62. The molecule has 2 aromatic rings. The van der Waals surface area contributed by atoms with Crippen molar-refractivity contribution in [2.45, 2.75) is 18.6 Å². The lowest BCUT2D eigenvalue weighted by molar-refractivity contribution is -0.139. The normalized spacial score (nSPS) is 12.7. The third-order valence-electron chi connectivity index (χ3n) is 2.95. The number of aromatic nitrogens is 2. The van der Waals surface area contributed by atoms with Crippen LogP contribution in [0.1, 0.15) is 28.5 Å². The summed E-state index contributed by atoms with van der Waals surface area (Å²) in [6.45, 7) is 0. The van der Waals surface area contributed by atoms with Gasteiger partial charge in [-0.2, -0.15) is 13.2 Å². The molecule has 2 rings (SSSR count). The average Bonchev–Trinajstić information content (AvgIpc) is 2.46. The summed E-state index contributed by atoms with van der Waals surface area (Å²) >= 11 is 0. The second-order valence-corrected chi connectivity index (χ2v) is 4.69. The number of hydrogen-bond donors (Lipinski definition) is 2. The molecule has 122 valence electrons. The third kappa shape index (κ3) is 4.63. The quantitative estimate of drug-likeness (QED) is 0.846. The molecule has 0 aliphatic carbocycles. The molecule has 3 N–H and O–H groups in total. The van der Waals surface area contributed by atoms with Gasteiger partial charge in [0.1, 0.15) is 5.82 Å². The van der Waals surface area contributed by atoms with Gasteiger partial charge in [0.05, 0.1) is 12.5 Å². The fraction of sp³-hybridized carbons (Fsp3) is 0.214. The third-order valence-corrected chi connectivity index (χ3v) is 2.95. The highest BCUT2D eigenvalue weighted by Crippen LogP contribution is 2.30. The highest BCUT2D eigenvalue weighted by Gasteiger charge is 2.34. The van der Waals surface area contributed by atoms with Crippen LogP contribution in [0.3, 0.4) is 0 Å². The molecule has 1 aromatic heterocycles. The Balaban J connectivity index is 2.26. The number of halogens is 4. The lowest BCUT2D eigenvalue weighted by Gasteiger charge is -2.20. The molecule has 0 bridgehead atoms. The van der Waals surface area contributed by atoms with Gasteiger partial charge in [-0.3, -0.25) is 4.79 Å². The second kappa shape index (κ2) is 6.59. The summed E-state index contributed by atoms with van der Waals surface area (Å²) in [6.07, 6.45) is -3.40. The van der Waals surface area contributed by atoms with E-state index in [0.717, 1.165) is 12.1 Å². The Morgan fingerprint density at radius 1 is 1.17 bits per heavy atom. The van der Waals surface area contributed by atoms with Crippen LogP contribution in [-0.2, 0) is 0 Å². The largest absolute Gasteiger partial charge is 0.391 e. The molecule has 0 spiro atoms. The first-order chi connectivity index (χ1) is 10.8. The van der Waals surface area contributed by atoms with Crippen LogP contribution < -0.4 is 11.1 Å². The molecule has 1 aromatic carbocycles. The molecule has 1 heterocycles. The van der Waals surface area contributed by atoms with Crippen LogP contribution in [0.15, 0.2) is 36.7 Å². The lowest BCUT2D eigenvalue weighted by Crippen LogP contribution is -2.33. The number of benzene rings is 1. The molecule has 23 heavy (non-hydrogen) atoms. The fourth-order valence-corrected chi connectivity index (χ4v) is 1.93. The van der Waals surface area contributed by atoms with Gasteiger partial charge in [-0.15, -0.1) is 0 Å². The number of rotatable bonds is 4. The van der Waals surface area contributed by atoms with Crippen LogP contribution in [0.2, 0.25) is 0 Å². The number of nitrogens with zero attached hydrogens (tertiary/aromatic N) is 2. The number of nitrogens with two attached hydrogens (primary N) is 1. The van der Waals surface area contributed by atoms with Crippen LogP contribution in [-0.4, -0.2) is 22.1 Å². The highest BCUT2D eigenvalue weighted by molar-refractivity contribution is 5.96. The van der Waals surface area contributed by atoms with Gasteiger partial charge in [0.25, 0.3) is 5.91 Å². The second-order valence-electron chi connectivity index (χ2n) is 4.69. The number of amides is 1. The van der Waals surface area contributed by atoms with E-state index >= 15 is 0 Å². The Morgan fingerprint density at radius 2 is 1.78 bits per heavy atom. The van der Waals surface area contributed by atoms with Gasteiger partial charge >= 0.3 is 6.18 Å². The van der Waals surface area contributed by atoms with Gasteiger partial charge < -0.3 is 11.1 Å². The Kier molecular flexibility index (Phi) is 4.77. The van der Waals surface area contributed by atoms with Crippen molar-refractivity contribution in [1.29, 1.82) is 0 Å². The summed E-state index contributed by atoms with van der Waals surface area (Å²) in [6, 6.07) is 2.98. The van der Waals surface area contributed by atoms with E-state index in [0.29, 0.717) is 0 Å². The maximum absolute atomic E-state index is 12.9. The molecule has 0 saturated carbocycles. The molecule has 0 aliphatic heterocycles. The van der Waals surface area contributed by atoms with Crippen molar-refractivity contribution >= 4 is 11.7 Å².